The van der Waals surface area contributed by atoms with Gasteiger partial charge in [0.1, 0.15) is 17.7 Å². The Morgan fingerprint density at radius 3 is 2.77 bits per heavy atom. The highest BCUT2D eigenvalue weighted by Crippen LogP contribution is 2.35. The van der Waals surface area contributed by atoms with Crippen LogP contribution in [0.15, 0.2) is 49.4 Å². The first kappa shape index (κ1) is 24.5. The van der Waals surface area contributed by atoms with E-state index in [2.05, 4.69) is 37.1 Å². The molecule has 35 heavy (non-hydrogen) atoms. The number of thiazole rings is 1. The Bertz CT molecular complexity index is 1210. The van der Waals surface area contributed by atoms with Gasteiger partial charge in [0.25, 0.3) is 0 Å². The monoisotopic (exact) mass is 491 g/mol. The van der Waals surface area contributed by atoms with Crippen molar-refractivity contribution in [2.45, 2.75) is 51.1 Å². The molecule has 0 aromatic carbocycles. The van der Waals surface area contributed by atoms with Crippen LogP contribution in [0.4, 0.5) is 10.9 Å². The molecule has 3 atom stereocenters. The van der Waals surface area contributed by atoms with Crippen LogP contribution in [0.1, 0.15) is 43.6 Å². The number of hydrogen-bond acceptors (Lipinski definition) is 8. The second-order valence-corrected chi connectivity index (χ2v) is 9.69. The van der Waals surface area contributed by atoms with Crippen LogP contribution in [0, 0.1) is 6.92 Å². The van der Waals surface area contributed by atoms with Crippen LogP contribution in [-0.2, 0) is 9.59 Å². The number of aromatic nitrogens is 4. The van der Waals surface area contributed by atoms with E-state index in [1.165, 1.54) is 11.0 Å². The average molecular weight is 492 g/mol. The van der Waals surface area contributed by atoms with Gasteiger partial charge < -0.3 is 15.5 Å². The number of likely N-dealkylation sites (N-methyl/N-ethyl adjacent to an activating group) is 1. The number of nitrogens with one attached hydrogen (secondary N) is 2. The lowest BCUT2D eigenvalue weighted by molar-refractivity contribution is -0.135. The van der Waals surface area contributed by atoms with E-state index in [1.807, 2.05) is 31.3 Å². The fraction of sp³-hybridized carbons (Fsp3) is 0.360. The SMILES string of the molecule is C=CC(=O)N(C)[C@@H](C)C(=O)N[C@H]1CCC(c2cc(Nc3ncc(-c4ccncc4)s3)nc(C)n2)C1. The quantitative estimate of drug-likeness (QED) is 0.461. The van der Waals surface area contributed by atoms with E-state index >= 15 is 0 Å². The molecule has 10 heteroatoms. The maximum atomic E-state index is 12.6. The Balaban J connectivity index is 1.39. The van der Waals surface area contributed by atoms with Crippen LogP contribution in [-0.4, -0.2) is 55.8 Å². The Labute approximate surface area is 208 Å². The predicted molar refractivity (Wildman–Crippen MR) is 136 cm³/mol. The summed E-state index contributed by atoms with van der Waals surface area (Å²) in [6, 6.07) is 5.35. The summed E-state index contributed by atoms with van der Waals surface area (Å²) in [5.41, 5.74) is 2.02. The molecule has 4 rings (SSSR count). The highest BCUT2D eigenvalue weighted by Gasteiger charge is 2.30. The summed E-state index contributed by atoms with van der Waals surface area (Å²) in [5, 5.41) is 7.15. The minimum Gasteiger partial charge on any atom is -0.352 e. The number of aryl methyl sites for hydroxylation is 1. The molecule has 3 aromatic heterocycles. The smallest absolute Gasteiger partial charge is 0.246 e. The second-order valence-electron chi connectivity index (χ2n) is 8.66. The van der Waals surface area contributed by atoms with Crippen molar-refractivity contribution in [3.05, 3.63) is 61.0 Å². The molecular weight excluding hydrogens is 462 g/mol. The van der Waals surface area contributed by atoms with E-state index < -0.39 is 6.04 Å². The van der Waals surface area contributed by atoms with Gasteiger partial charge in [-0.05, 0) is 56.9 Å². The summed E-state index contributed by atoms with van der Waals surface area (Å²) in [6.45, 7) is 7.07. The molecule has 3 heterocycles. The van der Waals surface area contributed by atoms with E-state index in [0.29, 0.717) is 11.6 Å². The first-order valence-electron chi connectivity index (χ1n) is 11.5. The standard InChI is InChI=1S/C25H29N7O2S/c1-5-23(33)32(4)15(2)24(34)30-19-7-6-18(12-19)20-13-22(29-16(3)28-20)31-25-27-14-21(35-25)17-8-10-26-11-9-17/h5,8-11,13-15,18-19H,1,6-7,12H2,2-4H3,(H,30,34)(H,27,28,29,31)/t15-,18?,19-/m0/s1. The number of pyridine rings is 1. The summed E-state index contributed by atoms with van der Waals surface area (Å²) in [5.74, 6) is 1.16. The lowest BCUT2D eigenvalue weighted by Gasteiger charge is -2.24. The molecule has 1 aliphatic carbocycles. The first-order chi connectivity index (χ1) is 16.8. The van der Waals surface area contributed by atoms with E-state index in [4.69, 9.17) is 0 Å². The molecule has 2 N–H and O–H groups in total. The molecule has 1 aliphatic rings. The Kier molecular flexibility index (Phi) is 7.50. The van der Waals surface area contributed by atoms with Gasteiger partial charge in [0.2, 0.25) is 11.8 Å². The van der Waals surface area contributed by atoms with Crippen molar-refractivity contribution in [1.29, 1.82) is 0 Å². The molecule has 0 aliphatic heterocycles. The summed E-state index contributed by atoms with van der Waals surface area (Å²) in [6.07, 6.45) is 9.14. The molecule has 0 bridgehead atoms. The van der Waals surface area contributed by atoms with Crippen LogP contribution in [0.5, 0.6) is 0 Å². The number of amides is 2. The van der Waals surface area contributed by atoms with Crippen molar-refractivity contribution in [2.75, 3.05) is 12.4 Å². The fourth-order valence-electron chi connectivity index (χ4n) is 4.17. The minimum absolute atomic E-state index is 0.0377. The average Bonchev–Trinajstić information content (AvgIpc) is 3.52. The molecule has 0 saturated heterocycles. The molecule has 2 amide bonds. The van der Waals surface area contributed by atoms with Crippen molar-refractivity contribution >= 4 is 34.1 Å². The number of hydrogen-bond donors (Lipinski definition) is 2. The molecular formula is C25H29N7O2S. The maximum absolute atomic E-state index is 12.6. The molecule has 182 valence electrons. The number of anilines is 2. The van der Waals surface area contributed by atoms with Gasteiger partial charge in [0.05, 0.1) is 4.88 Å². The lowest BCUT2D eigenvalue weighted by atomic mass is 10.0. The summed E-state index contributed by atoms with van der Waals surface area (Å²) >= 11 is 1.55. The molecule has 9 nitrogen and oxygen atoms in total. The second kappa shape index (κ2) is 10.7. The topological polar surface area (TPSA) is 113 Å². The van der Waals surface area contributed by atoms with E-state index in [-0.39, 0.29) is 23.8 Å². The summed E-state index contributed by atoms with van der Waals surface area (Å²) in [4.78, 5) is 44.6. The summed E-state index contributed by atoms with van der Waals surface area (Å²) < 4.78 is 0. The van der Waals surface area contributed by atoms with Crippen LogP contribution in [0.2, 0.25) is 0 Å². The number of nitrogens with zero attached hydrogens (tertiary/aromatic N) is 5. The van der Waals surface area contributed by atoms with Gasteiger partial charge in [-0.1, -0.05) is 17.9 Å². The van der Waals surface area contributed by atoms with Crippen molar-refractivity contribution in [3.63, 3.8) is 0 Å². The number of carbonyl (C=O) groups excluding carboxylic acids is 2. The maximum Gasteiger partial charge on any atom is 0.246 e. The zero-order valence-corrected chi connectivity index (χ0v) is 20.9. The lowest BCUT2D eigenvalue weighted by Crippen LogP contribution is -2.48. The Hall–Kier alpha value is -3.66. The van der Waals surface area contributed by atoms with Gasteiger partial charge in [-0.3, -0.25) is 14.6 Å². The van der Waals surface area contributed by atoms with Crippen molar-refractivity contribution in [2.24, 2.45) is 0 Å². The normalized spacial score (nSPS) is 18.0. The highest BCUT2D eigenvalue weighted by atomic mass is 32.1. The van der Waals surface area contributed by atoms with Gasteiger partial charge in [-0.2, -0.15) is 0 Å². The fourth-order valence-corrected chi connectivity index (χ4v) is 5.00. The zero-order valence-electron chi connectivity index (χ0n) is 20.1. The van der Waals surface area contributed by atoms with Crippen LogP contribution in [0.25, 0.3) is 10.4 Å². The van der Waals surface area contributed by atoms with Gasteiger partial charge in [-0.25, -0.2) is 15.0 Å². The molecule has 1 fully saturated rings. The van der Waals surface area contributed by atoms with Crippen molar-refractivity contribution < 1.29 is 9.59 Å². The van der Waals surface area contributed by atoms with Crippen molar-refractivity contribution in [1.82, 2.24) is 30.2 Å². The van der Waals surface area contributed by atoms with Gasteiger partial charge in [-0.15, -0.1) is 0 Å². The van der Waals surface area contributed by atoms with Crippen LogP contribution >= 0.6 is 11.3 Å². The van der Waals surface area contributed by atoms with Crippen molar-refractivity contribution in [3.8, 4) is 10.4 Å². The third kappa shape index (κ3) is 5.89. The van der Waals surface area contributed by atoms with E-state index in [9.17, 15) is 9.59 Å². The van der Waals surface area contributed by atoms with E-state index in [0.717, 1.165) is 40.5 Å². The van der Waals surface area contributed by atoms with Crippen LogP contribution in [0.3, 0.4) is 0 Å². The number of carbonyl (C=O) groups is 2. The van der Waals surface area contributed by atoms with Gasteiger partial charge >= 0.3 is 0 Å². The minimum atomic E-state index is -0.563. The molecule has 3 aromatic rings. The summed E-state index contributed by atoms with van der Waals surface area (Å²) in [7, 11) is 1.60. The molecule has 0 radical (unpaired) electrons. The first-order valence-corrected chi connectivity index (χ1v) is 12.3. The Morgan fingerprint density at radius 1 is 1.26 bits per heavy atom. The zero-order chi connectivity index (χ0) is 24.9. The third-order valence-electron chi connectivity index (χ3n) is 6.24. The largest absolute Gasteiger partial charge is 0.352 e. The number of rotatable bonds is 8. The predicted octanol–water partition coefficient (Wildman–Crippen LogP) is 3.83. The van der Waals surface area contributed by atoms with Gasteiger partial charge in [0, 0.05) is 49.4 Å². The van der Waals surface area contributed by atoms with E-state index in [1.54, 1.807) is 37.7 Å². The highest BCUT2D eigenvalue weighted by molar-refractivity contribution is 7.18. The third-order valence-corrected chi connectivity index (χ3v) is 7.21. The van der Waals surface area contributed by atoms with Gasteiger partial charge in [0.15, 0.2) is 5.13 Å². The molecule has 1 saturated carbocycles. The molecule has 0 spiro atoms. The van der Waals surface area contributed by atoms with Crippen LogP contribution < -0.4 is 10.6 Å². The Morgan fingerprint density at radius 2 is 2.03 bits per heavy atom. The molecule has 1 unspecified atom stereocenters.